The quantitative estimate of drug-likeness (QED) is 0.772. The van der Waals surface area contributed by atoms with E-state index in [1.54, 1.807) is 0 Å². The van der Waals surface area contributed by atoms with Crippen molar-refractivity contribution in [1.82, 2.24) is 10.2 Å². The Balaban J connectivity index is 2.48. The Bertz CT molecular complexity index is 190. The maximum atomic E-state index is 3.57. The van der Waals surface area contributed by atoms with Crippen LogP contribution in [0.2, 0.25) is 0 Å². The third-order valence-corrected chi connectivity index (χ3v) is 4.87. The lowest BCUT2D eigenvalue weighted by atomic mass is 9.78. The molecule has 3 heteroatoms. The van der Waals surface area contributed by atoms with Crippen molar-refractivity contribution in [3.63, 3.8) is 0 Å². The Hall–Kier alpha value is 0.270. The average Bonchev–Trinajstić information content (AvgIpc) is 2.30. The molecule has 1 saturated heterocycles. The van der Waals surface area contributed by atoms with E-state index in [2.05, 4.69) is 37.4 Å². The van der Waals surface area contributed by atoms with Gasteiger partial charge in [0, 0.05) is 24.9 Å². The second-order valence-corrected chi connectivity index (χ2v) is 6.26. The van der Waals surface area contributed by atoms with Crippen LogP contribution in [0.5, 0.6) is 0 Å². The molecule has 0 aromatic carbocycles. The van der Waals surface area contributed by atoms with Crippen molar-refractivity contribution < 1.29 is 0 Å². The highest BCUT2D eigenvalue weighted by Gasteiger charge is 2.32. The summed E-state index contributed by atoms with van der Waals surface area (Å²) in [6.45, 7) is 8.36. The molecule has 0 saturated carbocycles. The minimum Gasteiger partial charge on any atom is -0.316 e. The van der Waals surface area contributed by atoms with Gasteiger partial charge in [0.05, 0.1) is 0 Å². The molecular formula is C13H28N2S. The largest absolute Gasteiger partial charge is 0.316 e. The first kappa shape index (κ1) is 14.3. The number of thioether (sulfide) groups is 1. The molecule has 2 unspecified atom stereocenters. The number of rotatable bonds is 6. The van der Waals surface area contributed by atoms with Crippen molar-refractivity contribution in [2.75, 3.05) is 38.7 Å². The van der Waals surface area contributed by atoms with Crippen LogP contribution < -0.4 is 5.32 Å². The van der Waals surface area contributed by atoms with Gasteiger partial charge in [-0.25, -0.2) is 0 Å². The van der Waals surface area contributed by atoms with Crippen LogP contribution in [0, 0.1) is 5.41 Å². The van der Waals surface area contributed by atoms with Crippen LogP contribution in [-0.4, -0.2) is 49.6 Å². The zero-order valence-corrected chi connectivity index (χ0v) is 12.2. The molecule has 2 nitrogen and oxygen atoms in total. The topological polar surface area (TPSA) is 15.3 Å². The van der Waals surface area contributed by atoms with Gasteiger partial charge in [0.25, 0.3) is 0 Å². The molecule has 1 fully saturated rings. The Morgan fingerprint density at radius 1 is 1.50 bits per heavy atom. The summed E-state index contributed by atoms with van der Waals surface area (Å²) in [6.07, 6.45) is 6.24. The Labute approximate surface area is 106 Å². The first-order valence-electron chi connectivity index (χ1n) is 6.53. The van der Waals surface area contributed by atoms with Gasteiger partial charge in [-0.3, -0.25) is 0 Å². The number of piperidine rings is 1. The second-order valence-electron chi connectivity index (χ2n) is 5.35. The summed E-state index contributed by atoms with van der Waals surface area (Å²) in [6, 6.07) is 0.695. The standard InChI is InChI=1S/C13H28N2S/c1-5-13(7-6-8-14-10-13)11-15(3)12(2)9-16-4/h12,14H,5-11H2,1-4H3. The van der Waals surface area contributed by atoms with Crippen molar-refractivity contribution in [2.45, 2.75) is 39.2 Å². The minimum absolute atomic E-state index is 0.527. The molecule has 1 rings (SSSR count). The lowest BCUT2D eigenvalue weighted by molar-refractivity contribution is 0.112. The maximum absolute atomic E-state index is 3.57. The summed E-state index contributed by atoms with van der Waals surface area (Å²) in [5, 5.41) is 3.57. The molecule has 1 N–H and O–H groups in total. The van der Waals surface area contributed by atoms with Crippen molar-refractivity contribution >= 4 is 11.8 Å². The van der Waals surface area contributed by atoms with Gasteiger partial charge in [0.1, 0.15) is 0 Å². The van der Waals surface area contributed by atoms with E-state index in [1.807, 2.05) is 11.8 Å². The second kappa shape index (κ2) is 6.87. The van der Waals surface area contributed by atoms with E-state index in [1.165, 1.54) is 44.6 Å². The number of nitrogens with zero attached hydrogens (tertiary/aromatic N) is 1. The van der Waals surface area contributed by atoms with Gasteiger partial charge in [-0.2, -0.15) is 11.8 Å². The van der Waals surface area contributed by atoms with Crippen molar-refractivity contribution in [3.05, 3.63) is 0 Å². The van der Waals surface area contributed by atoms with Gasteiger partial charge < -0.3 is 10.2 Å². The first-order valence-corrected chi connectivity index (χ1v) is 7.93. The predicted molar refractivity (Wildman–Crippen MR) is 75.3 cm³/mol. The first-order chi connectivity index (χ1) is 7.63. The molecule has 96 valence electrons. The average molecular weight is 244 g/mol. The van der Waals surface area contributed by atoms with E-state index in [9.17, 15) is 0 Å². The lowest BCUT2D eigenvalue weighted by Crippen LogP contribution is -2.48. The van der Waals surface area contributed by atoms with Crippen LogP contribution >= 0.6 is 11.8 Å². The van der Waals surface area contributed by atoms with Crippen molar-refractivity contribution in [3.8, 4) is 0 Å². The minimum atomic E-state index is 0.527. The summed E-state index contributed by atoms with van der Waals surface area (Å²) in [4.78, 5) is 2.55. The highest BCUT2D eigenvalue weighted by Crippen LogP contribution is 2.31. The molecule has 1 aliphatic rings. The number of hydrogen-bond donors (Lipinski definition) is 1. The van der Waals surface area contributed by atoms with Crippen LogP contribution in [0.1, 0.15) is 33.1 Å². The van der Waals surface area contributed by atoms with Crippen LogP contribution in [0.25, 0.3) is 0 Å². The molecule has 0 amide bonds. The predicted octanol–water partition coefficient (Wildman–Crippen LogP) is 2.45. The Kier molecular flexibility index (Phi) is 6.16. The van der Waals surface area contributed by atoms with E-state index in [-0.39, 0.29) is 0 Å². The molecule has 0 aromatic rings. The molecule has 0 aliphatic carbocycles. The third kappa shape index (κ3) is 3.94. The van der Waals surface area contributed by atoms with E-state index >= 15 is 0 Å². The van der Waals surface area contributed by atoms with Gasteiger partial charge in [-0.15, -0.1) is 0 Å². The smallest absolute Gasteiger partial charge is 0.0155 e. The molecule has 0 radical (unpaired) electrons. The molecule has 0 spiro atoms. The van der Waals surface area contributed by atoms with Gasteiger partial charge in [-0.05, 0) is 51.4 Å². The Morgan fingerprint density at radius 2 is 2.25 bits per heavy atom. The monoisotopic (exact) mass is 244 g/mol. The van der Waals surface area contributed by atoms with Crippen LogP contribution in [0.15, 0.2) is 0 Å². The molecular weight excluding hydrogens is 216 g/mol. The zero-order valence-electron chi connectivity index (χ0n) is 11.4. The fourth-order valence-electron chi connectivity index (χ4n) is 2.63. The molecule has 0 bridgehead atoms. The Morgan fingerprint density at radius 3 is 2.75 bits per heavy atom. The molecule has 0 aromatic heterocycles. The van der Waals surface area contributed by atoms with Crippen LogP contribution in [0.4, 0.5) is 0 Å². The van der Waals surface area contributed by atoms with E-state index < -0.39 is 0 Å². The summed E-state index contributed by atoms with van der Waals surface area (Å²) in [7, 11) is 2.28. The van der Waals surface area contributed by atoms with Gasteiger partial charge >= 0.3 is 0 Å². The molecule has 16 heavy (non-hydrogen) atoms. The SMILES string of the molecule is CCC1(CN(C)C(C)CSC)CCCNC1. The van der Waals surface area contributed by atoms with Crippen LogP contribution in [-0.2, 0) is 0 Å². The van der Waals surface area contributed by atoms with Crippen molar-refractivity contribution in [2.24, 2.45) is 5.41 Å². The van der Waals surface area contributed by atoms with E-state index in [4.69, 9.17) is 0 Å². The summed E-state index contributed by atoms with van der Waals surface area (Å²) < 4.78 is 0. The lowest BCUT2D eigenvalue weighted by Gasteiger charge is -2.41. The highest BCUT2D eigenvalue weighted by atomic mass is 32.2. The third-order valence-electron chi connectivity index (χ3n) is 4.06. The fraction of sp³-hybridized carbons (Fsp3) is 1.00. The zero-order chi connectivity index (χ0) is 12.0. The maximum Gasteiger partial charge on any atom is 0.0155 e. The van der Waals surface area contributed by atoms with Gasteiger partial charge in [-0.1, -0.05) is 6.92 Å². The molecule has 1 aliphatic heterocycles. The normalized spacial score (nSPS) is 28.3. The van der Waals surface area contributed by atoms with Gasteiger partial charge in [0.15, 0.2) is 0 Å². The highest BCUT2D eigenvalue weighted by molar-refractivity contribution is 7.98. The number of nitrogens with one attached hydrogen (secondary N) is 1. The summed E-state index contributed by atoms with van der Waals surface area (Å²) in [5.41, 5.74) is 0.527. The number of hydrogen-bond acceptors (Lipinski definition) is 3. The van der Waals surface area contributed by atoms with E-state index in [0.717, 1.165) is 0 Å². The van der Waals surface area contributed by atoms with Crippen molar-refractivity contribution in [1.29, 1.82) is 0 Å². The van der Waals surface area contributed by atoms with Gasteiger partial charge in [0.2, 0.25) is 0 Å². The van der Waals surface area contributed by atoms with E-state index in [0.29, 0.717) is 11.5 Å². The molecule has 1 heterocycles. The summed E-state index contributed by atoms with van der Waals surface area (Å²) in [5.74, 6) is 1.24. The fourth-order valence-corrected chi connectivity index (χ4v) is 3.37. The molecule has 2 atom stereocenters. The van der Waals surface area contributed by atoms with Crippen LogP contribution in [0.3, 0.4) is 0 Å². The summed E-state index contributed by atoms with van der Waals surface area (Å²) >= 11 is 1.95.